The van der Waals surface area contributed by atoms with E-state index in [2.05, 4.69) is 20.0 Å². The lowest BCUT2D eigenvalue weighted by atomic mass is 9.92. The molecule has 1 heterocycles. The fourth-order valence-corrected chi connectivity index (χ4v) is 4.40. The van der Waals surface area contributed by atoms with Crippen LogP contribution in [0.3, 0.4) is 0 Å². The largest absolute Gasteiger partial charge is 0.451 e. The maximum absolute atomic E-state index is 13.8. The average Bonchev–Trinajstić information content (AvgIpc) is 2.80. The quantitative estimate of drug-likeness (QED) is 0.285. The average molecular weight is 511 g/mol. The maximum Gasteiger partial charge on any atom is 0.451 e. The molecule has 2 aromatic carbocycles. The van der Waals surface area contributed by atoms with E-state index in [9.17, 15) is 31.1 Å². The molecule has 1 saturated carbocycles. The van der Waals surface area contributed by atoms with Crippen LogP contribution >= 0.6 is 0 Å². The molecule has 1 aliphatic rings. The summed E-state index contributed by atoms with van der Waals surface area (Å²) in [6.45, 7) is 0. The van der Waals surface area contributed by atoms with E-state index in [1.165, 1.54) is 24.3 Å². The Morgan fingerprint density at radius 1 is 0.943 bits per heavy atom. The highest BCUT2D eigenvalue weighted by atomic mass is 32.2. The van der Waals surface area contributed by atoms with E-state index in [4.69, 9.17) is 0 Å². The van der Waals surface area contributed by atoms with E-state index in [0.717, 1.165) is 12.1 Å². The highest BCUT2D eigenvalue weighted by Gasteiger charge is 2.37. The SMILES string of the molecule is O=[SH](=O)Nc1cccc(-c2c(NC3CCC(O)CC3)nc(C(F)(F)F)nc2-c2ccc(F)cc2)c1. The zero-order valence-electron chi connectivity index (χ0n) is 18.2. The Balaban J connectivity index is 1.93. The summed E-state index contributed by atoms with van der Waals surface area (Å²) in [7, 11) is -2.97. The van der Waals surface area contributed by atoms with Crippen molar-refractivity contribution >= 4 is 22.4 Å². The molecular formula is C23H22F4N4O3S. The van der Waals surface area contributed by atoms with Gasteiger partial charge in [0.2, 0.25) is 16.7 Å². The first kappa shape index (κ1) is 24.9. The topological polar surface area (TPSA) is 104 Å². The van der Waals surface area contributed by atoms with Crippen molar-refractivity contribution in [3.8, 4) is 22.4 Å². The molecular weight excluding hydrogens is 488 g/mol. The van der Waals surface area contributed by atoms with Gasteiger partial charge in [0.15, 0.2) is 0 Å². The van der Waals surface area contributed by atoms with Crippen LogP contribution in [-0.4, -0.2) is 35.6 Å². The predicted octanol–water partition coefficient (Wildman–Crippen LogP) is 4.62. The molecule has 0 amide bonds. The van der Waals surface area contributed by atoms with Gasteiger partial charge in [-0.05, 0) is 67.6 Å². The standard InChI is InChI=1S/C23H22F4N4O3S/c24-15-6-4-13(5-7-15)20-19(14-2-1-3-17(12-14)31-35(33)34)21(30-22(29-20)23(25,26)27)28-16-8-10-18(32)11-9-16/h1-7,12,16,18,32,35H,8-11H2,(H,28,29,30)(H,31,33,34). The Morgan fingerprint density at radius 2 is 1.63 bits per heavy atom. The van der Waals surface area contributed by atoms with E-state index < -0.39 is 34.8 Å². The molecule has 1 aromatic heterocycles. The van der Waals surface area contributed by atoms with Gasteiger partial charge in [-0.3, -0.25) is 4.72 Å². The number of halogens is 4. The van der Waals surface area contributed by atoms with Crippen LogP contribution in [-0.2, 0) is 17.1 Å². The monoisotopic (exact) mass is 510 g/mol. The molecule has 0 radical (unpaired) electrons. The van der Waals surface area contributed by atoms with Crippen molar-refractivity contribution < 1.29 is 31.1 Å². The van der Waals surface area contributed by atoms with Crippen molar-refractivity contribution in [3.05, 3.63) is 60.2 Å². The second-order valence-electron chi connectivity index (χ2n) is 8.22. The van der Waals surface area contributed by atoms with Gasteiger partial charge in [0.25, 0.3) is 0 Å². The van der Waals surface area contributed by atoms with Crippen molar-refractivity contribution in [2.45, 2.75) is 44.0 Å². The molecule has 1 fully saturated rings. The number of rotatable bonds is 6. The summed E-state index contributed by atoms with van der Waals surface area (Å²) >= 11 is 0. The van der Waals surface area contributed by atoms with Gasteiger partial charge >= 0.3 is 6.18 Å². The summed E-state index contributed by atoms with van der Waals surface area (Å²) in [5, 5.41) is 12.9. The predicted molar refractivity (Wildman–Crippen MR) is 124 cm³/mol. The van der Waals surface area contributed by atoms with E-state index >= 15 is 0 Å². The minimum atomic E-state index is -4.85. The molecule has 0 atom stereocenters. The molecule has 0 aliphatic heterocycles. The lowest BCUT2D eigenvalue weighted by molar-refractivity contribution is -0.144. The number of hydrogen-bond acceptors (Lipinski definition) is 6. The maximum atomic E-state index is 13.8. The van der Waals surface area contributed by atoms with Crippen molar-refractivity contribution in [1.82, 2.24) is 9.97 Å². The Bertz CT molecular complexity index is 1270. The number of nitrogens with zero attached hydrogens (tertiary/aromatic N) is 2. The normalized spacial score (nSPS) is 18.5. The number of aromatic nitrogens is 2. The summed E-state index contributed by atoms with van der Waals surface area (Å²) in [5.41, 5.74) is 0.910. The molecule has 0 unspecified atom stereocenters. The second kappa shape index (κ2) is 10.2. The van der Waals surface area contributed by atoms with Crippen molar-refractivity contribution in [2.75, 3.05) is 10.0 Å². The number of alkyl halides is 3. The Kier molecular flexibility index (Phi) is 7.22. The number of benzene rings is 2. The highest BCUT2D eigenvalue weighted by molar-refractivity contribution is 7.73. The van der Waals surface area contributed by atoms with Gasteiger partial charge < -0.3 is 10.4 Å². The molecule has 186 valence electrons. The van der Waals surface area contributed by atoms with Gasteiger partial charge in [-0.1, -0.05) is 12.1 Å². The fraction of sp³-hybridized carbons (Fsp3) is 0.304. The third-order valence-corrected chi connectivity index (χ3v) is 6.13. The molecule has 7 nitrogen and oxygen atoms in total. The number of hydrogen-bond donors (Lipinski definition) is 4. The van der Waals surface area contributed by atoms with E-state index in [0.29, 0.717) is 31.2 Å². The van der Waals surface area contributed by atoms with Crippen LogP contribution in [0.15, 0.2) is 48.5 Å². The lowest BCUT2D eigenvalue weighted by Gasteiger charge is -2.28. The van der Waals surface area contributed by atoms with Crippen molar-refractivity contribution in [3.63, 3.8) is 0 Å². The third-order valence-electron chi connectivity index (χ3n) is 5.69. The molecule has 3 N–H and O–H groups in total. The zero-order chi connectivity index (χ0) is 25.2. The number of aliphatic hydroxyl groups excluding tert-OH is 1. The molecule has 0 saturated heterocycles. The summed E-state index contributed by atoms with van der Waals surface area (Å²) in [6, 6.07) is 10.7. The number of aliphatic hydroxyl groups is 1. The van der Waals surface area contributed by atoms with Crippen LogP contribution in [0.25, 0.3) is 22.4 Å². The molecule has 0 spiro atoms. The number of nitrogens with one attached hydrogen (secondary N) is 2. The first-order chi connectivity index (χ1) is 16.6. The number of thiol groups is 1. The van der Waals surface area contributed by atoms with Gasteiger partial charge in [0, 0.05) is 17.3 Å². The summed E-state index contributed by atoms with van der Waals surface area (Å²) in [6.07, 6.45) is -3.28. The molecule has 12 heteroatoms. The van der Waals surface area contributed by atoms with Crippen LogP contribution in [0.1, 0.15) is 31.5 Å². The smallest absolute Gasteiger partial charge is 0.393 e. The molecule has 35 heavy (non-hydrogen) atoms. The van der Waals surface area contributed by atoms with Gasteiger partial charge in [-0.2, -0.15) is 13.2 Å². The van der Waals surface area contributed by atoms with Gasteiger partial charge in [-0.15, -0.1) is 0 Å². The minimum absolute atomic E-state index is 0.0864. The summed E-state index contributed by atoms with van der Waals surface area (Å²) in [4.78, 5) is 7.60. The van der Waals surface area contributed by atoms with Crippen LogP contribution in [0.2, 0.25) is 0 Å². The van der Waals surface area contributed by atoms with Crippen molar-refractivity contribution in [2.24, 2.45) is 0 Å². The van der Waals surface area contributed by atoms with E-state index in [1.54, 1.807) is 12.1 Å². The Hall–Kier alpha value is -3.25. The molecule has 3 aromatic rings. The first-order valence-electron chi connectivity index (χ1n) is 10.8. The third kappa shape index (κ3) is 6.06. The van der Waals surface area contributed by atoms with Crippen molar-refractivity contribution in [1.29, 1.82) is 0 Å². The van der Waals surface area contributed by atoms with E-state index in [1.807, 2.05) is 0 Å². The minimum Gasteiger partial charge on any atom is -0.393 e. The highest BCUT2D eigenvalue weighted by Crippen LogP contribution is 2.40. The second-order valence-corrected chi connectivity index (χ2v) is 8.96. The summed E-state index contributed by atoms with van der Waals surface area (Å²) < 4.78 is 79.5. The zero-order valence-corrected chi connectivity index (χ0v) is 19.1. The van der Waals surface area contributed by atoms with Gasteiger partial charge in [-0.25, -0.2) is 22.8 Å². The molecule has 1 aliphatic carbocycles. The van der Waals surface area contributed by atoms with Crippen LogP contribution < -0.4 is 10.0 Å². The Morgan fingerprint density at radius 3 is 2.26 bits per heavy atom. The lowest BCUT2D eigenvalue weighted by Crippen LogP contribution is -2.29. The van der Waals surface area contributed by atoms with Gasteiger partial charge in [0.1, 0.15) is 11.6 Å². The van der Waals surface area contributed by atoms with Crippen LogP contribution in [0, 0.1) is 5.82 Å². The molecule has 0 bridgehead atoms. The first-order valence-corrected chi connectivity index (χ1v) is 12.0. The van der Waals surface area contributed by atoms with Crippen LogP contribution in [0.5, 0.6) is 0 Å². The number of anilines is 2. The summed E-state index contributed by atoms with van der Waals surface area (Å²) in [5.74, 6) is -2.02. The molecule has 4 rings (SSSR count). The fourth-order valence-electron chi connectivity index (χ4n) is 4.05. The Labute approximate surface area is 200 Å². The van der Waals surface area contributed by atoms with E-state index in [-0.39, 0.29) is 34.4 Å². The van der Waals surface area contributed by atoms with Crippen LogP contribution in [0.4, 0.5) is 29.1 Å². The van der Waals surface area contributed by atoms with Gasteiger partial charge in [0.05, 0.1) is 17.4 Å².